The van der Waals surface area contributed by atoms with Crippen LogP contribution in [0, 0.1) is 0 Å². The lowest BCUT2D eigenvalue weighted by Crippen LogP contribution is -2.05. The van der Waals surface area contributed by atoms with Gasteiger partial charge in [0.05, 0.1) is 10.6 Å². The summed E-state index contributed by atoms with van der Waals surface area (Å²) < 4.78 is 5.73. The second-order valence-electron chi connectivity index (χ2n) is 3.79. The molecule has 0 bridgehead atoms. The van der Waals surface area contributed by atoms with Crippen LogP contribution < -0.4 is 4.74 Å². The van der Waals surface area contributed by atoms with Gasteiger partial charge in [0.2, 0.25) is 0 Å². The minimum absolute atomic E-state index is 0.171. The van der Waals surface area contributed by atoms with Crippen LogP contribution in [0.5, 0.6) is 5.75 Å². The zero-order valence-electron chi connectivity index (χ0n) is 8.85. The Morgan fingerprint density at radius 3 is 2.65 bits per heavy atom. The molecule has 1 N–H and O–H groups in total. The number of hydrogen-bond donors (Lipinski definition) is 1. The molecule has 0 saturated heterocycles. The number of para-hydroxylation sites is 1. The van der Waals surface area contributed by atoms with Crippen molar-refractivity contribution in [1.29, 1.82) is 0 Å². The van der Waals surface area contributed by atoms with Crippen molar-refractivity contribution >= 4 is 17.4 Å². The number of fused-ring (bicyclic) bond motifs is 1. The molecule has 0 radical (unpaired) electrons. The molecule has 0 atom stereocenters. The summed E-state index contributed by atoms with van der Waals surface area (Å²) in [6.45, 7) is 0. The van der Waals surface area contributed by atoms with E-state index in [0.29, 0.717) is 22.1 Å². The molecule has 0 spiro atoms. The van der Waals surface area contributed by atoms with E-state index in [1.54, 1.807) is 24.3 Å². The summed E-state index contributed by atoms with van der Waals surface area (Å²) in [5.74, 6) is 1.28. The first-order valence-corrected chi connectivity index (χ1v) is 5.60. The number of aliphatic hydroxyl groups is 1. The summed E-state index contributed by atoms with van der Waals surface area (Å²) in [6, 6.07) is 5.29. The van der Waals surface area contributed by atoms with E-state index in [1.165, 1.54) is 0 Å². The minimum Gasteiger partial charge on any atom is -0.507 e. The summed E-state index contributed by atoms with van der Waals surface area (Å²) in [6.07, 6.45) is 9.27. The van der Waals surface area contributed by atoms with E-state index >= 15 is 0 Å². The molecule has 0 aromatic heterocycles. The lowest BCUT2D eigenvalue weighted by Gasteiger charge is -2.19. The molecular formula is C14H9ClO2. The topological polar surface area (TPSA) is 29.5 Å². The van der Waals surface area contributed by atoms with Gasteiger partial charge < -0.3 is 9.84 Å². The Balaban J connectivity index is 2.17. The summed E-state index contributed by atoms with van der Waals surface area (Å²) in [5, 5.41) is 10.4. The third-order valence-electron chi connectivity index (χ3n) is 2.67. The largest absolute Gasteiger partial charge is 0.507 e. The average Bonchev–Trinajstić information content (AvgIpc) is 2.84. The second kappa shape index (κ2) is 3.82. The molecule has 1 aliphatic heterocycles. The van der Waals surface area contributed by atoms with Gasteiger partial charge >= 0.3 is 0 Å². The molecule has 2 aliphatic rings. The highest BCUT2D eigenvalue weighted by molar-refractivity contribution is 6.32. The van der Waals surface area contributed by atoms with Crippen molar-refractivity contribution in [3.05, 3.63) is 70.5 Å². The number of ether oxygens (including phenoxy) is 1. The van der Waals surface area contributed by atoms with Crippen LogP contribution in [0.25, 0.3) is 5.76 Å². The maximum atomic E-state index is 9.96. The Hall–Kier alpha value is -1.93. The van der Waals surface area contributed by atoms with Crippen LogP contribution in [0.4, 0.5) is 0 Å². The molecule has 1 aromatic rings. The molecule has 0 amide bonds. The van der Waals surface area contributed by atoms with Gasteiger partial charge in [-0.25, -0.2) is 0 Å². The normalized spacial score (nSPS) is 16.9. The quantitative estimate of drug-likeness (QED) is 0.747. The van der Waals surface area contributed by atoms with Crippen LogP contribution in [0.1, 0.15) is 5.56 Å². The van der Waals surface area contributed by atoms with Gasteiger partial charge in [0.15, 0.2) is 5.75 Å². The van der Waals surface area contributed by atoms with Gasteiger partial charge in [-0.2, -0.15) is 0 Å². The van der Waals surface area contributed by atoms with Crippen LogP contribution in [0.15, 0.2) is 59.9 Å². The third kappa shape index (κ3) is 1.67. The Kier molecular flexibility index (Phi) is 2.30. The summed E-state index contributed by atoms with van der Waals surface area (Å²) in [5.41, 5.74) is 1.54. The Bertz CT molecular complexity index is 593. The Morgan fingerprint density at radius 1 is 1.12 bits per heavy atom. The smallest absolute Gasteiger partial charge is 0.156 e. The molecule has 1 heterocycles. The van der Waals surface area contributed by atoms with E-state index in [2.05, 4.69) is 0 Å². The lowest BCUT2D eigenvalue weighted by molar-refractivity contribution is 0.416. The Morgan fingerprint density at radius 2 is 1.88 bits per heavy atom. The Labute approximate surface area is 104 Å². The van der Waals surface area contributed by atoms with Gasteiger partial charge in [0, 0.05) is 11.6 Å². The number of allylic oxidation sites excluding steroid dienone is 6. The highest BCUT2D eigenvalue weighted by atomic mass is 35.5. The van der Waals surface area contributed by atoms with Crippen molar-refractivity contribution in [3.8, 4) is 5.75 Å². The molecule has 2 nitrogen and oxygen atoms in total. The molecule has 0 saturated carbocycles. The number of benzene rings is 1. The first-order chi connectivity index (χ1) is 8.25. The number of halogens is 1. The highest BCUT2D eigenvalue weighted by Gasteiger charge is 2.20. The van der Waals surface area contributed by atoms with Crippen LogP contribution in [0.2, 0.25) is 5.02 Å². The molecule has 84 valence electrons. The predicted molar refractivity (Wildman–Crippen MR) is 68.0 cm³/mol. The monoisotopic (exact) mass is 244 g/mol. The molecule has 17 heavy (non-hydrogen) atoms. The summed E-state index contributed by atoms with van der Waals surface area (Å²) >= 11 is 6.06. The lowest BCUT2D eigenvalue weighted by atomic mass is 10.1. The summed E-state index contributed by atoms with van der Waals surface area (Å²) in [4.78, 5) is 0. The van der Waals surface area contributed by atoms with Crippen molar-refractivity contribution < 1.29 is 9.84 Å². The average molecular weight is 245 g/mol. The molecule has 0 fully saturated rings. The van der Waals surface area contributed by atoms with Crippen molar-refractivity contribution in [2.45, 2.75) is 0 Å². The minimum atomic E-state index is 0.171. The molecule has 0 unspecified atom stereocenters. The van der Waals surface area contributed by atoms with Gasteiger partial charge in [-0.1, -0.05) is 42.0 Å². The van der Waals surface area contributed by atoms with Gasteiger partial charge in [-0.3, -0.25) is 0 Å². The van der Waals surface area contributed by atoms with E-state index in [4.69, 9.17) is 16.3 Å². The van der Waals surface area contributed by atoms with Gasteiger partial charge in [0.1, 0.15) is 11.5 Å². The first kappa shape index (κ1) is 10.2. The van der Waals surface area contributed by atoms with Crippen molar-refractivity contribution in [1.82, 2.24) is 0 Å². The number of aliphatic hydroxyl groups excluding tert-OH is 1. The highest BCUT2D eigenvalue weighted by Crippen LogP contribution is 2.38. The van der Waals surface area contributed by atoms with Gasteiger partial charge in [-0.15, -0.1) is 0 Å². The molecular weight excluding hydrogens is 236 g/mol. The fraction of sp³-hybridized carbons (Fsp3) is 0. The fourth-order valence-electron chi connectivity index (χ4n) is 1.84. The molecule has 3 rings (SSSR count). The maximum absolute atomic E-state index is 9.96. The van der Waals surface area contributed by atoms with E-state index in [9.17, 15) is 5.11 Å². The van der Waals surface area contributed by atoms with Crippen LogP contribution in [-0.4, -0.2) is 5.11 Å². The van der Waals surface area contributed by atoms with E-state index in [-0.39, 0.29) is 5.76 Å². The number of rotatable bonds is 0. The van der Waals surface area contributed by atoms with E-state index < -0.39 is 0 Å². The zero-order valence-corrected chi connectivity index (χ0v) is 9.61. The summed E-state index contributed by atoms with van der Waals surface area (Å²) in [7, 11) is 0. The van der Waals surface area contributed by atoms with E-state index in [0.717, 1.165) is 5.57 Å². The van der Waals surface area contributed by atoms with Crippen molar-refractivity contribution in [3.63, 3.8) is 0 Å². The predicted octanol–water partition coefficient (Wildman–Crippen LogP) is 4.01. The molecule has 1 aliphatic carbocycles. The van der Waals surface area contributed by atoms with Crippen molar-refractivity contribution in [2.24, 2.45) is 0 Å². The van der Waals surface area contributed by atoms with Crippen LogP contribution in [0.3, 0.4) is 0 Å². The van der Waals surface area contributed by atoms with Gasteiger partial charge in [0.25, 0.3) is 0 Å². The molecule has 3 heteroatoms. The van der Waals surface area contributed by atoms with Crippen LogP contribution in [-0.2, 0) is 0 Å². The maximum Gasteiger partial charge on any atom is 0.156 e. The molecule has 1 aromatic carbocycles. The first-order valence-electron chi connectivity index (χ1n) is 5.22. The van der Waals surface area contributed by atoms with Crippen LogP contribution >= 0.6 is 11.6 Å². The van der Waals surface area contributed by atoms with Crippen molar-refractivity contribution in [2.75, 3.05) is 0 Å². The standard InChI is InChI=1S/C14H9ClO2/c15-11-7-3-6-10-12(16)8-13(17-14(10)11)9-4-1-2-5-9/h1-8,16H. The zero-order chi connectivity index (χ0) is 11.8. The third-order valence-corrected chi connectivity index (χ3v) is 2.97. The number of hydrogen-bond acceptors (Lipinski definition) is 2. The fourth-order valence-corrected chi connectivity index (χ4v) is 2.05. The second-order valence-corrected chi connectivity index (χ2v) is 4.19. The van der Waals surface area contributed by atoms with E-state index in [1.807, 2.05) is 24.3 Å². The van der Waals surface area contributed by atoms with Gasteiger partial charge in [-0.05, 0) is 12.1 Å². The SMILES string of the molecule is OC1=CC(=C2C=CC=C2)Oc2c(Cl)cccc21.